The summed E-state index contributed by atoms with van der Waals surface area (Å²) in [5.74, 6) is 0.413. The molecule has 2 rings (SSSR count). The number of carbonyl (C=O) groups excluding carboxylic acids is 1. The number of aliphatic hydroxyl groups excluding tert-OH is 1. The molecule has 0 aliphatic rings. The van der Waals surface area contributed by atoms with Gasteiger partial charge in [-0.2, -0.15) is 0 Å². The van der Waals surface area contributed by atoms with Crippen molar-refractivity contribution in [2.24, 2.45) is 5.92 Å². The SMILES string of the molecule is CC(C)CC(CO)NC(=O)NC(C)c1ccc(-n2ccnc2)cc1. The second kappa shape index (κ2) is 8.49. The first-order valence-electron chi connectivity index (χ1n) is 8.25. The second-order valence-electron chi connectivity index (χ2n) is 6.41. The van der Waals surface area contributed by atoms with Crippen LogP contribution in [0.3, 0.4) is 0 Å². The van der Waals surface area contributed by atoms with Crippen LogP contribution >= 0.6 is 0 Å². The van der Waals surface area contributed by atoms with Crippen LogP contribution in [0.25, 0.3) is 5.69 Å². The molecule has 6 heteroatoms. The highest BCUT2D eigenvalue weighted by Gasteiger charge is 2.15. The molecule has 1 heterocycles. The van der Waals surface area contributed by atoms with Crippen molar-refractivity contribution in [1.29, 1.82) is 0 Å². The zero-order chi connectivity index (χ0) is 17.5. The van der Waals surface area contributed by atoms with E-state index in [0.717, 1.165) is 17.7 Å². The molecule has 0 saturated carbocycles. The van der Waals surface area contributed by atoms with Gasteiger partial charge in [0.1, 0.15) is 0 Å². The Hall–Kier alpha value is -2.34. The highest BCUT2D eigenvalue weighted by Crippen LogP contribution is 2.15. The molecule has 0 saturated heterocycles. The average Bonchev–Trinajstić information content (AvgIpc) is 3.08. The lowest BCUT2D eigenvalue weighted by Crippen LogP contribution is -2.45. The Labute approximate surface area is 142 Å². The average molecular weight is 330 g/mol. The molecule has 0 aliphatic carbocycles. The smallest absolute Gasteiger partial charge is 0.315 e. The number of aromatic nitrogens is 2. The Morgan fingerprint density at radius 1 is 1.21 bits per heavy atom. The van der Waals surface area contributed by atoms with E-state index in [1.54, 1.807) is 12.5 Å². The predicted octanol–water partition coefficient (Wildman–Crippen LogP) is 2.64. The summed E-state index contributed by atoms with van der Waals surface area (Å²) in [6.45, 7) is 6.00. The predicted molar refractivity (Wildman–Crippen MR) is 94.0 cm³/mol. The third-order valence-electron chi connectivity index (χ3n) is 3.85. The molecule has 2 aromatic rings. The van der Waals surface area contributed by atoms with Crippen molar-refractivity contribution in [2.75, 3.05) is 6.61 Å². The van der Waals surface area contributed by atoms with E-state index >= 15 is 0 Å². The Morgan fingerprint density at radius 2 is 1.92 bits per heavy atom. The molecule has 0 radical (unpaired) electrons. The highest BCUT2D eigenvalue weighted by atomic mass is 16.3. The van der Waals surface area contributed by atoms with Crippen molar-refractivity contribution in [1.82, 2.24) is 20.2 Å². The minimum absolute atomic E-state index is 0.0560. The molecule has 0 bridgehead atoms. The fourth-order valence-corrected chi connectivity index (χ4v) is 2.60. The summed E-state index contributed by atoms with van der Waals surface area (Å²) < 4.78 is 1.92. The number of nitrogens with one attached hydrogen (secondary N) is 2. The van der Waals surface area contributed by atoms with Gasteiger partial charge in [-0.1, -0.05) is 26.0 Å². The van der Waals surface area contributed by atoms with E-state index in [9.17, 15) is 9.90 Å². The maximum Gasteiger partial charge on any atom is 0.315 e. The van der Waals surface area contributed by atoms with Crippen LogP contribution in [0.5, 0.6) is 0 Å². The lowest BCUT2D eigenvalue weighted by Gasteiger charge is -2.21. The topological polar surface area (TPSA) is 79.2 Å². The highest BCUT2D eigenvalue weighted by molar-refractivity contribution is 5.74. The fraction of sp³-hybridized carbons (Fsp3) is 0.444. The van der Waals surface area contributed by atoms with E-state index in [1.165, 1.54) is 0 Å². The molecule has 0 spiro atoms. The van der Waals surface area contributed by atoms with E-state index in [2.05, 4.69) is 29.5 Å². The van der Waals surface area contributed by atoms with Crippen LogP contribution in [0.4, 0.5) is 4.79 Å². The molecule has 130 valence electrons. The largest absolute Gasteiger partial charge is 0.394 e. The number of amides is 2. The number of benzene rings is 1. The maximum absolute atomic E-state index is 12.1. The molecular weight excluding hydrogens is 304 g/mol. The molecule has 3 N–H and O–H groups in total. The molecule has 0 fully saturated rings. The van der Waals surface area contributed by atoms with E-state index in [1.807, 2.05) is 42.0 Å². The van der Waals surface area contributed by atoms with Gasteiger partial charge in [0.15, 0.2) is 0 Å². The molecule has 24 heavy (non-hydrogen) atoms. The minimum Gasteiger partial charge on any atom is -0.394 e. The number of carbonyl (C=O) groups is 1. The van der Waals surface area contributed by atoms with Gasteiger partial charge in [0.2, 0.25) is 0 Å². The molecule has 1 aromatic heterocycles. The van der Waals surface area contributed by atoms with E-state index in [-0.39, 0.29) is 24.7 Å². The van der Waals surface area contributed by atoms with Gasteiger partial charge >= 0.3 is 6.03 Å². The fourth-order valence-electron chi connectivity index (χ4n) is 2.60. The van der Waals surface area contributed by atoms with Crippen LogP contribution < -0.4 is 10.6 Å². The minimum atomic E-state index is -0.263. The van der Waals surface area contributed by atoms with Crippen molar-refractivity contribution in [3.05, 3.63) is 48.5 Å². The normalized spacial score (nSPS) is 13.5. The van der Waals surface area contributed by atoms with Crippen molar-refractivity contribution in [3.8, 4) is 5.69 Å². The van der Waals surface area contributed by atoms with Crippen LogP contribution in [0, 0.1) is 5.92 Å². The first-order chi connectivity index (χ1) is 11.5. The number of urea groups is 1. The number of nitrogens with zero attached hydrogens (tertiary/aromatic N) is 2. The molecule has 1 aromatic carbocycles. The van der Waals surface area contributed by atoms with Crippen LogP contribution in [-0.2, 0) is 0 Å². The van der Waals surface area contributed by atoms with Crippen molar-refractivity contribution in [2.45, 2.75) is 39.3 Å². The molecular formula is C18H26N4O2. The van der Waals surface area contributed by atoms with E-state index in [4.69, 9.17) is 0 Å². The first-order valence-corrected chi connectivity index (χ1v) is 8.25. The lowest BCUT2D eigenvalue weighted by molar-refractivity contribution is 0.205. The molecule has 2 amide bonds. The monoisotopic (exact) mass is 330 g/mol. The number of imidazole rings is 1. The van der Waals surface area contributed by atoms with Gasteiger partial charge in [-0.15, -0.1) is 0 Å². The quantitative estimate of drug-likeness (QED) is 0.730. The molecule has 0 aliphatic heterocycles. The van der Waals surface area contributed by atoms with Gasteiger partial charge < -0.3 is 20.3 Å². The Balaban J connectivity index is 1.91. The second-order valence-corrected chi connectivity index (χ2v) is 6.41. The molecule has 2 atom stereocenters. The third kappa shape index (κ3) is 5.09. The number of aliphatic hydroxyl groups is 1. The lowest BCUT2D eigenvalue weighted by atomic mass is 10.0. The van der Waals surface area contributed by atoms with Crippen LogP contribution in [0.2, 0.25) is 0 Å². The number of hydrogen-bond donors (Lipinski definition) is 3. The number of hydrogen-bond acceptors (Lipinski definition) is 3. The summed E-state index contributed by atoms with van der Waals surface area (Å²) in [7, 11) is 0. The zero-order valence-corrected chi connectivity index (χ0v) is 14.4. The van der Waals surface area contributed by atoms with Gasteiger partial charge in [-0.05, 0) is 37.0 Å². The third-order valence-corrected chi connectivity index (χ3v) is 3.85. The first kappa shape index (κ1) is 18.0. The molecule has 6 nitrogen and oxygen atoms in total. The van der Waals surface area contributed by atoms with Crippen molar-refractivity contribution < 1.29 is 9.90 Å². The van der Waals surface area contributed by atoms with Gasteiger partial charge in [0, 0.05) is 18.1 Å². The van der Waals surface area contributed by atoms with Gasteiger partial charge in [-0.25, -0.2) is 9.78 Å². The summed E-state index contributed by atoms with van der Waals surface area (Å²) in [5, 5.41) is 15.1. The Kier molecular flexibility index (Phi) is 6.37. The molecule has 2 unspecified atom stereocenters. The summed E-state index contributed by atoms with van der Waals surface area (Å²) in [6.07, 6.45) is 6.11. The summed E-state index contributed by atoms with van der Waals surface area (Å²) >= 11 is 0. The summed E-state index contributed by atoms with van der Waals surface area (Å²) in [4.78, 5) is 16.1. The Morgan fingerprint density at radius 3 is 2.46 bits per heavy atom. The van der Waals surface area contributed by atoms with Crippen LogP contribution in [0.1, 0.15) is 38.8 Å². The standard InChI is InChI=1S/C18H26N4O2/c1-13(2)10-16(11-23)21-18(24)20-14(3)15-4-6-17(7-5-15)22-9-8-19-12-22/h4-9,12-14,16,23H,10-11H2,1-3H3,(H2,20,21,24). The van der Waals surface area contributed by atoms with Crippen LogP contribution in [0.15, 0.2) is 43.0 Å². The summed E-state index contributed by atoms with van der Waals surface area (Å²) in [5.41, 5.74) is 2.03. The van der Waals surface area contributed by atoms with Crippen LogP contribution in [-0.4, -0.2) is 33.3 Å². The van der Waals surface area contributed by atoms with Gasteiger partial charge in [0.05, 0.1) is 25.0 Å². The van der Waals surface area contributed by atoms with Gasteiger partial charge in [-0.3, -0.25) is 0 Å². The number of rotatable bonds is 7. The van der Waals surface area contributed by atoms with E-state index < -0.39 is 0 Å². The van der Waals surface area contributed by atoms with E-state index in [0.29, 0.717) is 5.92 Å². The Bertz CT molecular complexity index is 623. The maximum atomic E-state index is 12.1. The van der Waals surface area contributed by atoms with Crippen molar-refractivity contribution in [3.63, 3.8) is 0 Å². The zero-order valence-electron chi connectivity index (χ0n) is 14.4. The summed E-state index contributed by atoms with van der Waals surface area (Å²) in [6, 6.07) is 7.34. The van der Waals surface area contributed by atoms with Crippen molar-refractivity contribution >= 4 is 6.03 Å². The van der Waals surface area contributed by atoms with Gasteiger partial charge in [0.25, 0.3) is 0 Å².